The first-order valence-corrected chi connectivity index (χ1v) is 8.66. The predicted molar refractivity (Wildman–Crippen MR) is 97.9 cm³/mol. The monoisotopic (exact) mass is 376 g/mol. The summed E-state index contributed by atoms with van der Waals surface area (Å²) in [6, 6.07) is 10.7. The molecule has 8 heteroatoms. The van der Waals surface area contributed by atoms with Gasteiger partial charge in [0.25, 0.3) is 5.56 Å². The molecule has 0 saturated carbocycles. The Morgan fingerprint density at radius 2 is 1.70 bits per heavy atom. The SMILES string of the molecule is COCC1OC(n2ccc(=O)n(Cc3ccccc3)c2=O)C(OC)C1OC. The molecule has 0 radical (unpaired) electrons. The molecule has 3 rings (SSSR count). The minimum atomic E-state index is -0.727. The number of benzene rings is 1. The zero-order valence-electron chi connectivity index (χ0n) is 15.6. The average molecular weight is 376 g/mol. The van der Waals surface area contributed by atoms with Crippen LogP contribution in [0, 0.1) is 0 Å². The van der Waals surface area contributed by atoms with Crippen molar-refractivity contribution in [2.24, 2.45) is 0 Å². The lowest BCUT2D eigenvalue weighted by Crippen LogP contribution is -2.44. The lowest BCUT2D eigenvalue weighted by Gasteiger charge is -2.22. The van der Waals surface area contributed by atoms with Gasteiger partial charge in [0.2, 0.25) is 0 Å². The molecule has 0 amide bonds. The molecule has 1 aliphatic heterocycles. The van der Waals surface area contributed by atoms with Gasteiger partial charge in [0.1, 0.15) is 18.3 Å². The minimum absolute atomic E-state index is 0.179. The molecule has 27 heavy (non-hydrogen) atoms. The fourth-order valence-corrected chi connectivity index (χ4v) is 3.40. The highest BCUT2D eigenvalue weighted by Crippen LogP contribution is 2.32. The van der Waals surface area contributed by atoms with Crippen molar-refractivity contribution in [2.45, 2.75) is 31.1 Å². The van der Waals surface area contributed by atoms with Crippen LogP contribution in [-0.4, -0.2) is 55.4 Å². The highest BCUT2D eigenvalue weighted by Gasteiger charge is 2.46. The van der Waals surface area contributed by atoms with Gasteiger partial charge in [-0.1, -0.05) is 30.3 Å². The summed E-state index contributed by atoms with van der Waals surface area (Å²) < 4.78 is 24.8. The highest BCUT2D eigenvalue weighted by molar-refractivity contribution is 5.15. The number of aromatic nitrogens is 2. The Kier molecular flexibility index (Phi) is 6.22. The molecule has 146 valence electrons. The molecular weight excluding hydrogens is 352 g/mol. The van der Waals surface area contributed by atoms with Crippen LogP contribution in [0.1, 0.15) is 11.8 Å². The molecule has 4 unspecified atom stereocenters. The number of nitrogens with zero attached hydrogens (tertiary/aromatic N) is 2. The standard InChI is InChI=1S/C19H24N2O6/c1-24-12-14-16(25-2)17(26-3)18(27-14)20-10-9-15(22)21(19(20)23)11-13-7-5-4-6-8-13/h4-10,14,16-18H,11-12H2,1-3H3. The lowest BCUT2D eigenvalue weighted by atomic mass is 10.1. The van der Waals surface area contributed by atoms with E-state index in [9.17, 15) is 9.59 Å². The summed E-state index contributed by atoms with van der Waals surface area (Å²) in [6.07, 6.45) is -0.603. The first kappa shape index (κ1) is 19.5. The number of ether oxygens (including phenoxy) is 4. The van der Waals surface area contributed by atoms with Crippen molar-refractivity contribution in [1.82, 2.24) is 9.13 Å². The summed E-state index contributed by atoms with van der Waals surface area (Å²) in [5.41, 5.74) is 0.0206. The maximum Gasteiger partial charge on any atom is 0.333 e. The third-order valence-corrected chi connectivity index (χ3v) is 4.71. The molecule has 2 aromatic rings. The van der Waals surface area contributed by atoms with E-state index < -0.39 is 30.2 Å². The molecule has 8 nitrogen and oxygen atoms in total. The summed E-state index contributed by atoms with van der Waals surface area (Å²) in [4.78, 5) is 25.3. The summed E-state index contributed by atoms with van der Waals surface area (Å²) in [5.74, 6) is 0. The zero-order chi connectivity index (χ0) is 19.4. The average Bonchev–Trinajstić information content (AvgIpc) is 3.03. The molecule has 1 aliphatic rings. The predicted octanol–water partition coefficient (Wildman–Crippen LogP) is 0.632. The Hall–Kier alpha value is -2.26. The van der Waals surface area contributed by atoms with Crippen LogP contribution in [0.2, 0.25) is 0 Å². The highest BCUT2D eigenvalue weighted by atomic mass is 16.6. The van der Waals surface area contributed by atoms with Crippen LogP contribution in [0.3, 0.4) is 0 Å². The van der Waals surface area contributed by atoms with Gasteiger partial charge in [-0.3, -0.25) is 13.9 Å². The third-order valence-electron chi connectivity index (χ3n) is 4.71. The van der Waals surface area contributed by atoms with Crippen molar-refractivity contribution in [2.75, 3.05) is 27.9 Å². The minimum Gasteiger partial charge on any atom is -0.382 e. The first-order chi connectivity index (χ1) is 13.1. The molecule has 0 spiro atoms. The van der Waals surface area contributed by atoms with Gasteiger partial charge in [0, 0.05) is 33.6 Å². The van der Waals surface area contributed by atoms with Crippen molar-refractivity contribution in [1.29, 1.82) is 0 Å². The van der Waals surface area contributed by atoms with Gasteiger partial charge < -0.3 is 18.9 Å². The molecule has 1 aromatic heterocycles. The Morgan fingerprint density at radius 1 is 1.00 bits per heavy atom. The van der Waals surface area contributed by atoms with E-state index in [0.717, 1.165) is 5.56 Å². The second kappa shape index (κ2) is 8.62. The molecule has 2 heterocycles. The van der Waals surface area contributed by atoms with Crippen molar-refractivity contribution in [3.8, 4) is 0 Å². The summed E-state index contributed by atoms with van der Waals surface area (Å²) in [6.45, 7) is 0.478. The van der Waals surface area contributed by atoms with E-state index in [1.807, 2.05) is 30.3 Å². The van der Waals surface area contributed by atoms with Crippen LogP contribution in [0.15, 0.2) is 52.2 Å². The Labute approximate surface area is 156 Å². The summed E-state index contributed by atoms with van der Waals surface area (Å²) in [7, 11) is 4.66. The van der Waals surface area contributed by atoms with Crippen LogP contribution >= 0.6 is 0 Å². The molecule has 4 atom stereocenters. The van der Waals surface area contributed by atoms with E-state index in [4.69, 9.17) is 18.9 Å². The number of rotatable bonds is 7. The van der Waals surface area contributed by atoms with E-state index >= 15 is 0 Å². The van der Waals surface area contributed by atoms with E-state index in [1.54, 1.807) is 14.2 Å². The van der Waals surface area contributed by atoms with E-state index in [1.165, 1.54) is 28.5 Å². The van der Waals surface area contributed by atoms with E-state index in [-0.39, 0.29) is 12.1 Å². The fraction of sp³-hybridized carbons (Fsp3) is 0.474. The maximum atomic E-state index is 13.0. The van der Waals surface area contributed by atoms with Crippen LogP contribution in [0.25, 0.3) is 0 Å². The van der Waals surface area contributed by atoms with Crippen molar-refractivity contribution < 1.29 is 18.9 Å². The van der Waals surface area contributed by atoms with Gasteiger partial charge in [-0.25, -0.2) is 4.79 Å². The number of hydrogen-bond acceptors (Lipinski definition) is 6. The van der Waals surface area contributed by atoms with Gasteiger partial charge in [0.05, 0.1) is 13.2 Å². The molecule has 1 saturated heterocycles. The van der Waals surface area contributed by atoms with Crippen molar-refractivity contribution >= 4 is 0 Å². The van der Waals surface area contributed by atoms with Crippen molar-refractivity contribution in [3.05, 3.63) is 69.0 Å². The Morgan fingerprint density at radius 3 is 2.33 bits per heavy atom. The Balaban J connectivity index is 1.98. The zero-order valence-corrected chi connectivity index (χ0v) is 15.6. The van der Waals surface area contributed by atoms with Crippen LogP contribution in [0.4, 0.5) is 0 Å². The summed E-state index contributed by atoms with van der Waals surface area (Å²) in [5, 5.41) is 0. The largest absolute Gasteiger partial charge is 0.382 e. The normalized spacial score (nSPS) is 25.0. The first-order valence-electron chi connectivity index (χ1n) is 8.66. The van der Waals surface area contributed by atoms with Gasteiger partial charge in [-0.15, -0.1) is 0 Å². The van der Waals surface area contributed by atoms with E-state index in [0.29, 0.717) is 6.61 Å². The molecule has 0 bridgehead atoms. The maximum absolute atomic E-state index is 13.0. The molecule has 1 fully saturated rings. The quantitative estimate of drug-likeness (QED) is 0.705. The smallest absolute Gasteiger partial charge is 0.333 e. The molecule has 1 aromatic carbocycles. The molecule has 0 aliphatic carbocycles. The molecule has 0 N–H and O–H groups in total. The second-order valence-corrected chi connectivity index (χ2v) is 6.34. The van der Waals surface area contributed by atoms with Gasteiger partial charge in [-0.05, 0) is 5.56 Å². The van der Waals surface area contributed by atoms with Gasteiger partial charge >= 0.3 is 5.69 Å². The lowest BCUT2D eigenvalue weighted by molar-refractivity contribution is -0.0677. The Bertz CT molecular complexity index is 862. The number of hydrogen-bond donors (Lipinski definition) is 0. The van der Waals surface area contributed by atoms with Crippen LogP contribution in [0.5, 0.6) is 0 Å². The van der Waals surface area contributed by atoms with Crippen LogP contribution in [-0.2, 0) is 25.5 Å². The third kappa shape index (κ3) is 3.89. The number of methoxy groups -OCH3 is 3. The topological polar surface area (TPSA) is 80.9 Å². The van der Waals surface area contributed by atoms with Gasteiger partial charge in [0.15, 0.2) is 6.23 Å². The summed E-state index contributed by atoms with van der Waals surface area (Å²) >= 11 is 0. The second-order valence-electron chi connectivity index (χ2n) is 6.34. The molecular formula is C19H24N2O6. The van der Waals surface area contributed by atoms with Crippen molar-refractivity contribution in [3.63, 3.8) is 0 Å². The fourth-order valence-electron chi connectivity index (χ4n) is 3.40. The van der Waals surface area contributed by atoms with E-state index in [2.05, 4.69) is 0 Å². The van der Waals surface area contributed by atoms with Gasteiger partial charge in [-0.2, -0.15) is 0 Å². The van der Waals surface area contributed by atoms with Crippen LogP contribution < -0.4 is 11.2 Å².